The van der Waals surface area contributed by atoms with Crippen LogP contribution in [0, 0.1) is 0 Å². The first-order valence-electron chi connectivity index (χ1n) is 7.50. The number of aromatic nitrogens is 4. The molecule has 0 radical (unpaired) electrons. The van der Waals surface area contributed by atoms with Crippen LogP contribution in [0.3, 0.4) is 0 Å². The largest absolute Gasteiger partial charge is 0.381 e. The van der Waals surface area contributed by atoms with E-state index >= 15 is 0 Å². The Hall–Kier alpha value is -1.86. The fourth-order valence-corrected chi connectivity index (χ4v) is 3.09. The van der Waals surface area contributed by atoms with Crippen LogP contribution < -0.4 is 0 Å². The van der Waals surface area contributed by atoms with Crippen LogP contribution in [0.5, 0.6) is 0 Å². The smallest absolute Gasteiger partial charge is 0.116 e. The van der Waals surface area contributed by atoms with Gasteiger partial charge in [0, 0.05) is 32.7 Å². The van der Waals surface area contributed by atoms with Gasteiger partial charge in [-0.25, -0.2) is 9.97 Å². The molecule has 1 N–H and O–H groups in total. The van der Waals surface area contributed by atoms with Gasteiger partial charge >= 0.3 is 0 Å². The molecule has 116 valence electrons. The molecular formula is C15H21N5OSi. The van der Waals surface area contributed by atoms with Gasteiger partial charge in [-0.15, -0.1) is 0 Å². The van der Waals surface area contributed by atoms with Crippen molar-refractivity contribution < 1.29 is 4.74 Å². The number of hydrogen-bond acceptors (Lipinski definition) is 5. The molecule has 0 bridgehead atoms. The molecule has 0 fully saturated rings. The number of fused-ring (bicyclic) bond motifs is 1. The summed E-state index contributed by atoms with van der Waals surface area (Å²) in [6, 6.07) is 1.17. The Balaban J connectivity index is 1.68. The van der Waals surface area contributed by atoms with Crippen LogP contribution in [-0.4, -0.2) is 47.7 Å². The quantitative estimate of drug-likeness (QED) is 0.656. The number of aromatic amines is 1. The van der Waals surface area contributed by atoms with Gasteiger partial charge < -0.3 is 4.74 Å². The van der Waals surface area contributed by atoms with Gasteiger partial charge in [-0.2, -0.15) is 5.10 Å². The van der Waals surface area contributed by atoms with Gasteiger partial charge in [0.05, 0.1) is 24.4 Å². The minimum atomic E-state index is -1.05. The Morgan fingerprint density at radius 3 is 2.86 bits per heavy atom. The summed E-state index contributed by atoms with van der Waals surface area (Å²) >= 11 is 0. The van der Waals surface area contributed by atoms with Gasteiger partial charge in [-0.1, -0.05) is 19.6 Å². The van der Waals surface area contributed by atoms with Gasteiger partial charge in [0.25, 0.3) is 0 Å². The van der Waals surface area contributed by atoms with Crippen molar-refractivity contribution in [2.24, 2.45) is 4.99 Å². The van der Waals surface area contributed by atoms with Crippen molar-refractivity contribution in [2.45, 2.75) is 31.6 Å². The molecule has 6 nitrogen and oxygen atoms in total. The van der Waals surface area contributed by atoms with Crippen LogP contribution in [0.2, 0.25) is 25.7 Å². The highest BCUT2D eigenvalue weighted by Gasteiger charge is 2.25. The highest BCUT2D eigenvalue weighted by atomic mass is 28.3. The molecule has 0 aromatic carbocycles. The third-order valence-corrected chi connectivity index (χ3v) is 5.35. The summed E-state index contributed by atoms with van der Waals surface area (Å²) in [6.45, 7) is 8.51. The van der Waals surface area contributed by atoms with E-state index in [9.17, 15) is 0 Å². The van der Waals surface area contributed by atoms with E-state index in [-0.39, 0.29) is 5.92 Å². The number of hydrogen-bond donors (Lipinski definition) is 1. The average Bonchev–Trinajstić information content (AvgIpc) is 3.12. The summed E-state index contributed by atoms with van der Waals surface area (Å²) in [6.07, 6.45) is 7.06. The first-order chi connectivity index (χ1) is 10.5. The van der Waals surface area contributed by atoms with Crippen molar-refractivity contribution in [3.05, 3.63) is 24.4 Å². The maximum Gasteiger partial charge on any atom is 0.116 e. The van der Waals surface area contributed by atoms with Crippen molar-refractivity contribution in [1.29, 1.82) is 0 Å². The lowest BCUT2D eigenvalue weighted by atomic mass is 10.1. The van der Waals surface area contributed by atoms with Crippen LogP contribution in [0.25, 0.3) is 11.3 Å². The van der Waals surface area contributed by atoms with Gasteiger partial charge in [-0.3, -0.25) is 10.1 Å². The predicted molar refractivity (Wildman–Crippen MR) is 89.5 cm³/mol. The summed E-state index contributed by atoms with van der Waals surface area (Å²) in [5.74, 6) is 0.116. The minimum Gasteiger partial charge on any atom is -0.381 e. The summed E-state index contributed by atoms with van der Waals surface area (Å²) in [7, 11) is -1.05. The van der Waals surface area contributed by atoms with Crippen LogP contribution >= 0.6 is 0 Å². The second-order valence-electron chi connectivity index (χ2n) is 6.71. The number of H-pyrrole nitrogens is 1. The highest BCUT2D eigenvalue weighted by Crippen LogP contribution is 2.37. The molecule has 0 saturated heterocycles. The van der Waals surface area contributed by atoms with Crippen molar-refractivity contribution in [1.82, 2.24) is 20.2 Å². The van der Waals surface area contributed by atoms with E-state index in [2.05, 4.69) is 44.8 Å². The molecule has 2 aromatic heterocycles. The number of rotatable bonds is 6. The monoisotopic (exact) mass is 315 g/mol. The number of nitrogens with zero attached hydrogens (tertiary/aromatic N) is 4. The van der Waals surface area contributed by atoms with Gasteiger partial charge in [0.15, 0.2) is 0 Å². The van der Waals surface area contributed by atoms with E-state index < -0.39 is 8.07 Å². The second kappa shape index (κ2) is 6.10. The Morgan fingerprint density at radius 2 is 2.14 bits per heavy atom. The maximum absolute atomic E-state index is 5.85. The third-order valence-electron chi connectivity index (χ3n) is 3.65. The average molecular weight is 315 g/mol. The maximum atomic E-state index is 5.85. The van der Waals surface area contributed by atoms with E-state index in [1.165, 1.54) is 6.04 Å². The SMILES string of the molecule is C[Si](C)(C)CCOCC1C=Nc2c(-c3cn[nH]c3)ncnc21. The minimum absolute atomic E-state index is 0.116. The number of aliphatic imine (C=N–C) groups is 1. The Morgan fingerprint density at radius 1 is 1.27 bits per heavy atom. The molecule has 0 aliphatic carbocycles. The molecule has 7 heteroatoms. The van der Waals surface area contributed by atoms with E-state index in [0.717, 1.165) is 29.2 Å². The van der Waals surface area contributed by atoms with Crippen molar-refractivity contribution >= 4 is 20.0 Å². The molecule has 2 aromatic rings. The summed E-state index contributed by atoms with van der Waals surface area (Å²) in [5, 5.41) is 6.77. The number of ether oxygens (including phenoxy) is 1. The molecule has 1 aliphatic rings. The normalized spacial score (nSPS) is 17.0. The van der Waals surface area contributed by atoms with Crippen LogP contribution in [0.4, 0.5) is 5.69 Å². The zero-order valence-corrected chi connectivity index (χ0v) is 14.2. The lowest BCUT2D eigenvalue weighted by Crippen LogP contribution is -2.22. The predicted octanol–water partition coefficient (Wildman–Crippen LogP) is 3.02. The second-order valence-corrected chi connectivity index (χ2v) is 12.3. The Kier molecular flexibility index (Phi) is 4.17. The molecule has 0 amide bonds. The highest BCUT2D eigenvalue weighted by molar-refractivity contribution is 6.76. The lowest BCUT2D eigenvalue weighted by Gasteiger charge is -2.16. The van der Waals surface area contributed by atoms with Gasteiger partial charge in [0.2, 0.25) is 0 Å². The van der Waals surface area contributed by atoms with Crippen molar-refractivity contribution in [2.75, 3.05) is 13.2 Å². The summed E-state index contributed by atoms with van der Waals surface area (Å²) < 4.78 is 5.85. The molecule has 3 heterocycles. The molecule has 3 rings (SSSR count). The first-order valence-corrected chi connectivity index (χ1v) is 11.2. The molecule has 22 heavy (non-hydrogen) atoms. The van der Waals surface area contributed by atoms with Crippen LogP contribution in [0.1, 0.15) is 11.6 Å². The van der Waals surface area contributed by atoms with E-state index in [1.807, 2.05) is 12.4 Å². The van der Waals surface area contributed by atoms with E-state index in [4.69, 9.17) is 4.74 Å². The Labute approximate surface area is 131 Å². The lowest BCUT2D eigenvalue weighted by molar-refractivity contribution is 0.145. The zero-order chi connectivity index (χ0) is 15.6. The molecular weight excluding hydrogens is 294 g/mol. The van der Waals surface area contributed by atoms with E-state index in [1.54, 1.807) is 12.5 Å². The molecule has 0 spiro atoms. The van der Waals surface area contributed by atoms with Crippen LogP contribution in [-0.2, 0) is 4.74 Å². The Bertz CT molecular complexity index is 663. The van der Waals surface area contributed by atoms with Crippen LogP contribution in [0.15, 0.2) is 23.7 Å². The molecule has 0 saturated carbocycles. The van der Waals surface area contributed by atoms with Crippen molar-refractivity contribution in [3.8, 4) is 11.3 Å². The fourth-order valence-electron chi connectivity index (χ4n) is 2.33. The standard InChI is InChI=1S/C15H21N5OSi/c1-22(2,3)5-4-21-9-12-6-16-15-13(11-7-19-20-8-11)17-10-18-14(12)15/h6-8,10,12H,4-5,9H2,1-3H3,(H,19,20). The molecule has 1 aliphatic heterocycles. The first kappa shape index (κ1) is 15.0. The molecule has 1 unspecified atom stereocenters. The topological polar surface area (TPSA) is 76.1 Å². The summed E-state index contributed by atoms with van der Waals surface area (Å²) in [5.41, 5.74) is 3.53. The van der Waals surface area contributed by atoms with Gasteiger partial charge in [0.1, 0.15) is 17.7 Å². The zero-order valence-electron chi connectivity index (χ0n) is 13.2. The van der Waals surface area contributed by atoms with E-state index in [0.29, 0.717) is 6.61 Å². The summed E-state index contributed by atoms with van der Waals surface area (Å²) in [4.78, 5) is 13.2. The number of nitrogens with one attached hydrogen (secondary N) is 1. The molecule has 1 atom stereocenters. The van der Waals surface area contributed by atoms with Gasteiger partial charge in [-0.05, 0) is 6.04 Å². The van der Waals surface area contributed by atoms with Crippen molar-refractivity contribution in [3.63, 3.8) is 0 Å². The third kappa shape index (κ3) is 3.31. The fraction of sp³-hybridized carbons (Fsp3) is 0.467.